The Bertz CT molecular complexity index is 3540. The van der Waals surface area contributed by atoms with Crippen molar-refractivity contribution < 1.29 is 4.42 Å². The van der Waals surface area contributed by atoms with Crippen molar-refractivity contribution in [2.45, 2.75) is 19.3 Å². The molecule has 1 aliphatic rings. The minimum absolute atomic E-state index is 0.171. The fraction of sp³-hybridized carbons (Fsp3) is 0.0508. The highest BCUT2D eigenvalue weighted by atomic mass is 16.3. The second-order valence-corrected chi connectivity index (χ2v) is 16.9. The Labute approximate surface area is 360 Å². The molecule has 9 aromatic carbocycles. The van der Waals surface area contributed by atoms with Crippen molar-refractivity contribution in [3.63, 3.8) is 0 Å². The highest BCUT2D eigenvalue weighted by Gasteiger charge is 2.37. The number of para-hydroxylation sites is 1. The Hall–Kier alpha value is -7.88. The Morgan fingerprint density at radius 2 is 0.984 bits per heavy atom. The lowest BCUT2D eigenvalue weighted by Gasteiger charge is -2.22. The lowest BCUT2D eigenvalue weighted by molar-refractivity contribution is 0.661. The molecule has 12 rings (SSSR count). The maximum atomic E-state index is 6.46. The number of fused-ring (bicyclic) bond motifs is 7. The van der Waals surface area contributed by atoms with Gasteiger partial charge in [-0.3, -0.25) is 0 Å². The van der Waals surface area contributed by atoms with E-state index in [1.807, 2.05) is 18.2 Å². The molecule has 0 N–H and O–H groups in total. The van der Waals surface area contributed by atoms with Crippen LogP contribution in [0.4, 0.5) is 0 Å². The molecular weight excluding hydrogens is 753 g/mol. The third-order valence-corrected chi connectivity index (χ3v) is 12.9. The summed E-state index contributed by atoms with van der Waals surface area (Å²) in [4.78, 5) is 10.7. The lowest BCUT2D eigenvalue weighted by atomic mass is 9.81. The Balaban J connectivity index is 1.12. The van der Waals surface area contributed by atoms with Crippen LogP contribution >= 0.6 is 0 Å². The molecule has 3 heteroatoms. The van der Waals surface area contributed by atoms with Crippen LogP contribution in [0.5, 0.6) is 0 Å². The molecule has 2 aromatic heterocycles. The molecule has 3 nitrogen and oxygen atoms in total. The average molecular weight is 793 g/mol. The zero-order chi connectivity index (χ0) is 41.4. The monoisotopic (exact) mass is 792 g/mol. The predicted molar refractivity (Wildman–Crippen MR) is 257 cm³/mol. The van der Waals surface area contributed by atoms with Gasteiger partial charge in [0.1, 0.15) is 11.2 Å². The zero-order valence-corrected chi connectivity index (χ0v) is 34.4. The predicted octanol–water partition coefficient (Wildman–Crippen LogP) is 15.8. The summed E-state index contributed by atoms with van der Waals surface area (Å²) < 4.78 is 6.46. The van der Waals surface area contributed by atoms with Gasteiger partial charge in [-0.1, -0.05) is 166 Å². The summed E-state index contributed by atoms with van der Waals surface area (Å²) in [5.74, 6) is 0.680. The first kappa shape index (κ1) is 36.0. The van der Waals surface area contributed by atoms with Crippen molar-refractivity contribution in [3.8, 4) is 78.4 Å². The van der Waals surface area contributed by atoms with Crippen LogP contribution in [-0.2, 0) is 5.41 Å². The zero-order valence-electron chi connectivity index (χ0n) is 34.4. The number of nitrogens with zero attached hydrogens (tertiary/aromatic N) is 2. The van der Waals surface area contributed by atoms with Crippen molar-refractivity contribution in [1.82, 2.24) is 9.97 Å². The molecular formula is C59H40N2O. The van der Waals surface area contributed by atoms with Gasteiger partial charge >= 0.3 is 0 Å². The van der Waals surface area contributed by atoms with Gasteiger partial charge in [0.05, 0.1) is 11.4 Å². The third-order valence-electron chi connectivity index (χ3n) is 12.9. The highest BCUT2D eigenvalue weighted by Crippen LogP contribution is 2.53. The van der Waals surface area contributed by atoms with E-state index >= 15 is 0 Å². The van der Waals surface area contributed by atoms with Crippen LogP contribution in [0.25, 0.3) is 111 Å². The van der Waals surface area contributed by atoms with E-state index in [1.54, 1.807) is 0 Å². The number of aromatic nitrogens is 2. The van der Waals surface area contributed by atoms with Crippen LogP contribution in [0.15, 0.2) is 211 Å². The SMILES string of the molecule is CC1(C)c2cc3ccccc3cc2-c2c(-c3cc(-c4ccc5c(c4)oc4ccccc45)cc(-c4cc(-c5ccccc5-c5ccccc5)nc(-c5ccccc5)n4)c3)cccc21. The molecule has 11 aromatic rings. The van der Waals surface area contributed by atoms with Crippen molar-refractivity contribution in [3.05, 3.63) is 217 Å². The first-order valence-electron chi connectivity index (χ1n) is 21.3. The Morgan fingerprint density at radius 1 is 0.355 bits per heavy atom. The Kier molecular flexibility index (Phi) is 8.20. The molecule has 62 heavy (non-hydrogen) atoms. The van der Waals surface area contributed by atoms with Gasteiger partial charge in [-0.15, -0.1) is 0 Å². The van der Waals surface area contributed by atoms with Gasteiger partial charge in [-0.2, -0.15) is 0 Å². The molecule has 0 spiro atoms. The van der Waals surface area contributed by atoms with E-state index < -0.39 is 0 Å². The lowest BCUT2D eigenvalue weighted by Crippen LogP contribution is -2.14. The molecule has 0 saturated carbocycles. The summed E-state index contributed by atoms with van der Waals surface area (Å²) in [6.45, 7) is 4.73. The average Bonchev–Trinajstić information content (AvgIpc) is 3.82. The summed E-state index contributed by atoms with van der Waals surface area (Å²) in [5, 5.41) is 4.74. The van der Waals surface area contributed by atoms with Crippen molar-refractivity contribution in [2.75, 3.05) is 0 Å². The second-order valence-electron chi connectivity index (χ2n) is 16.9. The Morgan fingerprint density at radius 3 is 1.81 bits per heavy atom. The van der Waals surface area contributed by atoms with E-state index in [-0.39, 0.29) is 5.41 Å². The van der Waals surface area contributed by atoms with Gasteiger partial charge in [0.2, 0.25) is 0 Å². The van der Waals surface area contributed by atoms with E-state index in [4.69, 9.17) is 14.4 Å². The number of benzene rings is 9. The summed E-state index contributed by atoms with van der Waals surface area (Å²) >= 11 is 0. The summed E-state index contributed by atoms with van der Waals surface area (Å²) in [7, 11) is 0. The normalized spacial score (nSPS) is 12.8. The van der Waals surface area contributed by atoms with Gasteiger partial charge in [-0.05, 0) is 121 Å². The van der Waals surface area contributed by atoms with Gasteiger partial charge in [-0.25, -0.2) is 9.97 Å². The summed E-state index contributed by atoms with van der Waals surface area (Å²) in [6.07, 6.45) is 0. The van der Waals surface area contributed by atoms with Gasteiger partial charge in [0.15, 0.2) is 5.82 Å². The van der Waals surface area contributed by atoms with E-state index in [0.717, 1.165) is 77.8 Å². The molecule has 2 heterocycles. The largest absolute Gasteiger partial charge is 0.456 e. The maximum Gasteiger partial charge on any atom is 0.160 e. The molecule has 0 amide bonds. The topological polar surface area (TPSA) is 38.9 Å². The number of rotatable bonds is 6. The molecule has 0 saturated heterocycles. The van der Waals surface area contributed by atoms with Gasteiger partial charge < -0.3 is 4.42 Å². The highest BCUT2D eigenvalue weighted by molar-refractivity contribution is 6.06. The van der Waals surface area contributed by atoms with Crippen LogP contribution in [0, 0.1) is 0 Å². The molecule has 0 radical (unpaired) electrons. The third kappa shape index (κ3) is 5.89. The van der Waals surface area contributed by atoms with Crippen LogP contribution in [0.2, 0.25) is 0 Å². The molecule has 0 unspecified atom stereocenters. The first-order valence-corrected chi connectivity index (χ1v) is 21.3. The van der Waals surface area contributed by atoms with Gasteiger partial charge in [0.25, 0.3) is 0 Å². The van der Waals surface area contributed by atoms with E-state index in [1.165, 1.54) is 38.6 Å². The van der Waals surface area contributed by atoms with Crippen LogP contribution in [0.3, 0.4) is 0 Å². The number of hydrogen-bond donors (Lipinski definition) is 0. The van der Waals surface area contributed by atoms with Crippen molar-refractivity contribution in [2.24, 2.45) is 0 Å². The molecule has 0 fully saturated rings. The molecule has 0 aliphatic heterocycles. The molecule has 0 atom stereocenters. The van der Waals surface area contributed by atoms with E-state index in [2.05, 4.69) is 202 Å². The number of furan rings is 1. The van der Waals surface area contributed by atoms with Crippen LogP contribution in [-0.4, -0.2) is 9.97 Å². The molecule has 292 valence electrons. The van der Waals surface area contributed by atoms with E-state index in [0.29, 0.717) is 5.82 Å². The number of hydrogen-bond acceptors (Lipinski definition) is 3. The minimum atomic E-state index is -0.171. The van der Waals surface area contributed by atoms with Gasteiger partial charge in [0, 0.05) is 32.9 Å². The summed E-state index contributed by atoms with van der Waals surface area (Å²) in [6, 6.07) is 73.8. The quantitative estimate of drug-likeness (QED) is 0.168. The second kappa shape index (κ2) is 14.1. The summed E-state index contributed by atoms with van der Waals surface area (Å²) in [5.41, 5.74) is 18.4. The van der Waals surface area contributed by atoms with Crippen molar-refractivity contribution in [1.29, 1.82) is 0 Å². The standard InChI is InChI=1S/C59H40N2O/c1-59(2)51-26-15-25-46(57(51)50-33-39-20-9-10-21-40(39)34-52(50)59)43-30-42(41-28-29-49-48-24-13-14-27-55(48)62-56(49)35-41)31-44(32-43)53-36-54(61-58(60-53)38-18-7-4-8-19-38)47-23-12-11-22-45(47)37-16-5-3-6-17-37/h3-36H,1-2H3. The smallest absolute Gasteiger partial charge is 0.160 e. The minimum Gasteiger partial charge on any atom is -0.456 e. The fourth-order valence-electron chi connectivity index (χ4n) is 9.74. The fourth-order valence-corrected chi connectivity index (χ4v) is 9.74. The molecule has 0 bridgehead atoms. The van der Waals surface area contributed by atoms with Crippen LogP contribution < -0.4 is 0 Å². The molecule has 1 aliphatic carbocycles. The van der Waals surface area contributed by atoms with Crippen molar-refractivity contribution >= 4 is 32.7 Å². The van der Waals surface area contributed by atoms with E-state index in [9.17, 15) is 0 Å². The van der Waals surface area contributed by atoms with Crippen LogP contribution in [0.1, 0.15) is 25.0 Å². The first-order chi connectivity index (χ1) is 30.5. The maximum absolute atomic E-state index is 6.46.